The standard InChI is InChI=1S/C16H24N2O2/c1-12(2)18(11-13-5-3-6-13)16(20)17-10-14-7-4-8-15(19)9-14/h4,7-9,12-13,19H,3,5-6,10-11H2,1-2H3,(H,17,20). The first-order valence-corrected chi connectivity index (χ1v) is 7.38. The Kier molecular flexibility index (Phi) is 4.88. The second-order valence-corrected chi connectivity index (χ2v) is 5.87. The van der Waals surface area contributed by atoms with E-state index in [9.17, 15) is 9.90 Å². The maximum Gasteiger partial charge on any atom is 0.317 e. The van der Waals surface area contributed by atoms with Crippen molar-refractivity contribution in [3.63, 3.8) is 0 Å². The zero-order valence-electron chi connectivity index (χ0n) is 12.3. The van der Waals surface area contributed by atoms with Crippen LogP contribution >= 0.6 is 0 Å². The number of hydrogen-bond donors (Lipinski definition) is 2. The van der Waals surface area contributed by atoms with Crippen LogP contribution in [0.4, 0.5) is 4.79 Å². The fraction of sp³-hybridized carbons (Fsp3) is 0.562. The third-order valence-corrected chi connectivity index (χ3v) is 3.92. The third kappa shape index (κ3) is 3.89. The highest BCUT2D eigenvalue weighted by atomic mass is 16.3. The zero-order valence-corrected chi connectivity index (χ0v) is 12.3. The molecule has 0 saturated heterocycles. The summed E-state index contributed by atoms with van der Waals surface area (Å²) in [5.74, 6) is 0.899. The quantitative estimate of drug-likeness (QED) is 0.868. The lowest BCUT2D eigenvalue weighted by atomic mass is 9.85. The summed E-state index contributed by atoms with van der Waals surface area (Å²) < 4.78 is 0. The van der Waals surface area contributed by atoms with Crippen LogP contribution in [0.2, 0.25) is 0 Å². The van der Waals surface area contributed by atoms with Gasteiger partial charge in [-0.05, 0) is 50.3 Å². The van der Waals surface area contributed by atoms with Crippen molar-refractivity contribution in [2.45, 2.75) is 45.7 Å². The van der Waals surface area contributed by atoms with Crippen LogP contribution in [0.5, 0.6) is 5.75 Å². The Morgan fingerprint density at radius 3 is 2.75 bits per heavy atom. The van der Waals surface area contributed by atoms with Crippen molar-refractivity contribution in [3.05, 3.63) is 29.8 Å². The molecule has 0 bridgehead atoms. The number of phenolic OH excluding ortho intramolecular Hbond substituents is 1. The van der Waals surface area contributed by atoms with Crippen molar-refractivity contribution in [3.8, 4) is 5.75 Å². The van der Waals surface area contributed by atoms with Gasteiger partial charge in [-0.2, -0.15) is 0 Å². The number of carbonyl (C=O) groups is 1. The lowest BCUT2D eigenvalue weighted by Crippen LogP contribution is -2.46. The van der Waals surface area contributed by atoms with E-state index < -0.39 is 0 Å². The van der Waals surface area contributed by atoms with E-state index in [2.05, 4.69) is 5.32 Å². The summed E-state index contributed by atoms with van der Waals surface area (Å²) in [4.78, 5) is 14.2. The first kappa shape index (κ1) is 14.7. The van der Waals surface area contributed by atoms with Gasteiger partial charge in [0.05, 0.1) is 0 Å². The number of aromatic hydroxyl groups is 1. The smallest absolute Gasteiger partial charge is 0.317 e. The molecule has 1 aromatic carbocycles. The lowest BCUT2D eigenvalue weighted by Gasteiger charge is -2.34. The van der Waals surface area contributed by atoms with E-state index in [0.717, 1.165) is 12.1 Å². The third-order valence-electron chi connectivity index (χ3n) is 3.92. The normalized spacial score (nSPS) is 14.9. The molecular formula is C16H24N2O2. The van der Waals surface area contributed by atoms with E-state index in [-0.39, 0.29) is 17.8 Å². The Labute approximate surface area is 120 Å². The first-order valence-electron chi connectivity index (χ1n) is 7.38. The average Bonchev–Trinajstić information content (AvgIpc) is 2.34. The topological polar surface area (TPSA) is 52.6 Å². The van der Waals surface area contributed by atoms with Gasteiger partial charge in [-0.3, -0.25) is 0 Å². The Bertz CT molecular complexity index is 456. The molecule has 2 amide bonds. The van der Waals surface area contributed by atoms with Gasteiger partial charge in [-0.25, -0.2) is 4.79 Å². The summed E-state index contributed by atoms with van der Waals surface area (Å²) in [5, 5.41) is 12.3. The van der Waals surface area contributed by atoms with Crippen molar-refractivity contribution >= 4 is 6.03 Å². The highest BCUT2D eigenvalue weighted by Gasteiger charge is 2.25. The van der Waals surface area contributed by atoms with Gasteiger partial charge < -0.3 is 15.3 Å². The van der Waals surface area contributed by atoms with E-state index >= 15 is 0 Å². The van der Waals surface area contributed by atoms with Gasteiger partial charge in [0.1, 0.15) is 5.75 Å². The summed E-state index contributed by atoms with van der Waals surface area (Å²) in [6.07, 6.45) is 3.77. The predicted molar refractivity (Wildman–Crippen MR) is 79.5 cm³/mol. The molecule has 1 saturated carbocycles. The van der Waals surface area contributed by atoms with Gasteiger partial charge in [0.25, 0.3) is 0 Å². The van der Waals surface area contributed by atoms with Gasteiger partial charge >= 0.3 is 6.03 Å². The van der Waals surface area contributed by atoms with Crippen LogP contribution in [0.3, 0.4) is 0 Å². The number of carbonyl (C=O) groups excluding carboxylic acids is 1. The van der Waals surface area contributed by atoms with Gasteiger partial charge in [0.2, 0.25) is 0 Å². The molecule has 4 heteroatoms. The molecule has 1 fully saturated rings. The molecule has 110 valence electrons. The molecule has 2 rings (SSSR count). The average molecular weight is 276 g/mol. The molecule has 1 aliphatic carbocycles. The highest BCUT2D eigenvalue weighted by molar-refractivity contribution is 5.74. The maximum atomic E-state index is 12.3. The van der Waals surface area contributed by atoms with E-state index in [1.807, 2.05) is 24.8 Å². The largest absolute Gasteiger partial charge is 0.508 e. The number of hydrogen-bond acceptors (Lipinski definition) is 2. The number of rotatable bonds is 5. The van der Waals surface area contributed by atoms with Crippen molar-refractivity contribution in [1.82, 2.24) is 10.2 Å². The number of benzene rings is 1. The van der Waals surface area contributed by atoms with Crippen LogP contribution in [0, 0.1) is 5.92 Å². The SMILES string of the molecule is CC(C)N(CC1CCC1)C(=O)NCc1cccc(O)c1. The maximum absolute atomic E-state index is 12.3. The van der Waals surface area contributed by atoms with Crippen LogP contribution in [0.25, 0.3) is 0 Å². The second kappa shape index (κ2) is 6.64. The Hall–Kier alpha value is -1.71. The highest BCUT2D eigenvalue weighted by Crippen LogP contribution is 2.27. The molecule has 20 heavy (non-hydrogen) atoms. The summed E-state index contributed by atoms with van der Waals surface area (Å²) in [6.45, 7) is 5.39. The van der Waals surface area contributed by atoms with Crippen molar-refractivity contribution in [2.24, 2.45) is 5.92 Å². The molecule has 0 unspecified atom stereocenters. The fourth-order valence-electron chi connectivity index (χ4n) is 2.43. The Morgan fingerprint density at radius 1 is 1.45 bits per heavy atom. The van der Waals surface area contributed by atoms with Crippen LogP contribution in [-0.2, 0) is 6.54 Å². The summed E-state index contributed by atoms with van der Waals surface area (Å²) in [5.41, 5.74) is 0.908. The molecule has 0 radical (unpaired) electrons. The zero-order chi connectivity index (χ0) is 14.5. The van der Waals surface area contributed by atoms with Gasteiger partial charge in [0.15, 0.2) is 0 Å². The van der Waals surface area contributed by atoms with Crippen LogP contribution in [-0.4, -0.2) is 28.6 Å². The molecule has 0 aromatic heterocycles. The molecule has 0 atom stereocenters. The fourth-order valence-corrected chi connectivity index (χ4v) is 2.43. The minimum absolute atomic E-state index is 0.0183. The van der Waals surface area contributed by atoms with Gasteiger partial charge in [0, 0.05) is 19.1 Å². The predicted octanol–water partition coefficient (Wildman–Crippen LogP) is 3.11. The van der Waals surface area contributed by atoms with E-state index in [0.29, 0.717) is 12.5 Å². The van der Waals surface area contributed by atoms with Crippen LogP contribution < -0.4 is 5.32 Å². The monoisotopic (exact) mass is 276 g/mol. The number of urea groups is 1. The molecule has 1 aliphatic rings. The molecule has 1 aromatic rings. The minimum Gasteiger partial charge on any atom is -0.508 e. The summed E-state index contributed by atoms with van der Waals surface area (Å²) in [6, 6.07) is 7.17. The molecule has 0 aliphatic heterocycles. The van der Waals surface area contributed by atoms with E-state index in [1.165, 1.54) is 19.3 Å². The van der Waals surface area contributed by atoms with Crippen molar-refractivity contribution in [1.29, 1.82) is 0 Å². The number of nitrogens with one attached hydrogen (secondary N) is 1. The molecular weight excluding hydrogens is 252 g/mol. The second-order valence-electron chi connectivity index (χ2n) is 5.87. The minimum atomic E-state index is -0.0183. The van der Waals surface area contributed by atoms with Gasteiger partial charge in [-0.1, -0.05) is 18.6 Å². The molecule has 0 heterocycles. The van der Waals surface area contributed by atoms with E-state index in [1.54, 1.807) is 18.2 Å². The summed E-state index contributed by atoms with van der Waals surface area (Å²) >= 11 is 0. The number of amides is 2. The van der Waals surface area contributed by atoms with Crippen LogP contribution in [0.15, 0.2) is 24.3 Å². The van der Waals surface area contributed by atoms with Gasteiger partial charge in [-0.15, -0.1) is 0 Å². The van der Waals surface area contributed by atoms with Crippen molar-refractivity contribution < 1.29 is 9.90 Å². The Morgan fingerprint density at radius 2 is 2.20 bits per heavy atom. The number of nitrogens with zero attached hydrogens (tertiary/aromatic N) is 1. The molecule has 0 spiro atoms. The van der Waals surface area contributed by atoms with E-state index in [4.69, 9.17) is 0 Å². The Balaban J connectivity index is 1.87. The molecule has 2 N–H and O–H groups in total. The van der Waals surface area contributed by atoms with Crippen molar-refractivity contribution in [2.75, 3.05) is 6.54 Å². The summed E-state index contributed by atoms with van der Waals surface area (Å²) in [7, 11) is 0. The van der Waals surface area contributed by atoms with Crippen LogP contribution in [0.1, 0.15) is 38.7 Å². The lowest BCUT2D eigenvalue weighted by molar-refractivity contribution is 0.150. The number of phenols is 1. The molecule has 4 nitrogen and oxygen atoms in total. The first-order chi connectivity index (χ1) is 9.56.